The zero-order valence-electron chi connectivity index (χ0n) is 12.3. The van der Waals surface area contributed by atoms with Gasteiger partial charge in [0, 0.05) is 0 Å². The minimum Gasteiger partial charge on any atom is -0.508 e. The quantitative estimate of drug-likeness (QED) is 0.663. The molecule has 8 heteroatoms. The standard InChI is InChI=1S/C16H12F3NO4/c1-8(24-16(23)9-3-2-4-10(21)7-9)15(22)20-12-6-5-11(17)13(18)14(12)19/h2-8,21H,1H3,(H,20,22)/t8-/m1/s1. The Kier molecular flexibility index (Phi) is 5.08. The van der Waals surface area contributed by atoms with Gasteiger partial charge in [-0.25, -0.2) is 18.0 Å². The van der Waals surface area contributed by atoms with Crippen molar-refractivity contribution in [1.82, 2.24) is 0 Å². The fourth-order valence-electron chi connectivity index (χ4n) is 1.77. The Morgan fingerprint density at radius 1 is 1.12 bits per heavy atom. The van der Waals surface area contributed by atoms with Crippen molar-refractivity contribution < 1.29 is 32.6 Å². The second-order valence-corrected chi connectivity index (χ2v) is 4.81. The number of carbonyl (C=O) groups excluding carboxylic acids is 2. The molecule has 126 valence electrons. The molecule has 2 N–H and O–H groups in total. The number of nitrogens with one attached hydrogen (secondary N) is 1. The molecule has 2 aromatic rings. The van der Waals surface area contributed by atoms with Gasteiger partial charge in [-0.05, 0) is 37.3 Å². The summed E-state index contributed by atoms with van der Waals surface area (Å²) in [4.78, 5) is 23.7. The molecule has 2 rings (SSSR count). The van der Waals surface area contributed by atoms with Gasteiger partial charge in [0.15, 0.2) is 23.6 Å². The predicted octanol–water partition coefficient (Wildman–Crippen LogP) is 2.99. The van der Waals surface area contributed by atoms with Crippen LogP contribution in [0.25, 0.3) is 0 Å². The van der Waals surface area contributed by atoms with Crippen LogP contribution in [0.3, 0.4) is 0 Å². The summed E-state index contributed by atoms with van der Waals surface area (Å²) in [5, 5.41) is 11.3. The Bertz CT molecular complexity index is 795. The summed E-state index contributed by atoms with van der Waals surface area (Å²) in [7, 11) is 0. The van der Waals surface area contributed by atoms with E-state index in [9.17, 15) is 27.9 Å². The van der Waals surface area contributed by atoms with Crippen molar-refractivity contribution in [2.45, 2.75) is 13.0 Å². The van der Waals surface area contributed by atoms with E-state index in [2.05, 4.69) is 0 Å². The first kappa shape index (κ1) is 17.3. The topological polar surface area (TPSA) is 75.6 Å². The summed E-state index contributed by atoms with van der Waals surface area (Å²) in [5.41, 5.74) is -0.576. The molecule has 0 radical (unpaired) electrons. The number of hydrogen-bond acceptors (Lipinski definition) is 4. The fraction of sp³-hybridized carbons (Fsp3) is 0.125. The number of ether oxygens (including phenoxy) is 1. The molecular weight excluding hydrogens is 327 g/mol. The van der Waals surface area contributed by atoms with Crippen molar-refractivity contribution in [2.75, 3.05) is 5.32 Å². The fourth-order valence-corrected chi connectivity index (χ4v) is 1.77. The van der Waals surface area contributed by atoms with Crippen LogP contribution in [0.15, 0.2) is 36.4 Å². The minimum absolute atomic E-state index is 0.00802. The number of rotatable bonds is 4. The van der Waals surface area contributed by atoms with Crippen LogP contribution in [0.4, 0.5) is 18.9 Å². The Balaban J connectivity index is 2.05. The summed E-state index contributed by atoms with van der Waals surface area (Å²) in [6.45, 7) is 1.22. The Morgan fingerprint density at radius 3 is 2.50 bits per heavy atom. The molecule has 0 aromatic heterocycles. The van der Waals surface area contributed by atoms with E-state index in [4.69, 9.17) is 4.74 Å². The highest BCUT2D eigenvalue weighted by Crippen LogP contribution is 2.20. The van der Waals surface area contributed by atoms with Crippen LogP contribution in [0, 0.1) is 17.5 Å². The van der Waals surface area contributed by atoms with Gasteiger partial charge in [-0.3, -0.25) is 4.79 Å². The van der Waals surface area contributed by atoms with E-state index in [1.807, 2.05) is 5.32 Å². The maximum absolute atomic E-state index is 13.5. The van der Waals surface area contributed by atoms with E-state index in [1.54, 1.807) is 0 Å². The smallest absolute Gasteiger partial charge is 0.339 e. The van der Waals surface area contributed by atoms with Gasteiger partial charge in [-0.1, -0.05) is 6.07 Å². The highest BCUT2D eigenvalue weighted by Gasteiger charge is 2.22. The maximum atomic E-state index is 13.5. The maximum Gasteiger partial charge on any atom is 0.339 e. The van der Waals surface area contributed by atoms with Crippen LogP contribution in [-0.2, 0) is 9.53 Å². The summed E-state index contributed by atoms with van der Waals surface area (Å²) < 4.78 is 44.3. The van der Waals surface area contributed by atoms with Gasteiger partial charge >= 0.3 is 5.97 Å². The van der Waals surface area contributed by atoms with Crippen molar-refractivity contribution in [3.8, 4) is 5.75 Å². The third kappa shape index (κ3) is 3.83. The molecule has 0 heterocycles. The molecule has 0 saturated carbocycles. The zero-order chi connectivity index (χ0) is 17.9. The first-order chi connectivity index (χ1) is 11.3. The van der Waals surface area contributed by atoms with Gasteiger partial charge in [-0.2, -0.15) is 0 Å². The van der Waals surface area contributed by atoms with E-state index in [1.165, 1.54) is 25.1 Å². The van der Waals surface area contributed by atoms with Crippen LogP contribution in [0.2, 0.25) is 0 Å². The molecule has 0 fully saturated rings. The number of carbonyl (C=O) groups is 2. The van der Waals surface area contributed by atoms with Crippen molar-refractivity contribution in [3.63, 3.8) is 0 Å². The van der Waals surface area contributed by atoms with Crippen LogP contribution in [-0.4, -0.2) is 23.1 Å². The second kappa shape index (κ2) is 7.03. The predicted molar refractivity (Wildman–Crippen MR) is 77.9 cm³/mol. The molecule has 0 aliphatic heterocycles. The normalized spacial score (nSPS) is 11.7. The number of phenols is 1. The van der Waals surface area contributed by atoms with E-state index in [-0.39, 0.29) is 11.3 Å². The molecule has 24 heavy (non-hydrogen) atoms. The molecule has 0 aliphatic carbocycles. The number of benzene rings is 2. The molecule has 1 atom stereocenters. The summed E-state index contributed by atoms with van der Waals surface area (Å²) in [6, 6.07) is 6.75. The second-order valence-electron chi connectivity index (χ2n) is 4.81. The molecule has 1 amide bonds. The summed E-state index contributed by atoms with van der Waals surface area (Å²) in [6.07, 6.45) is -1.34. The lowest BCUT2D eigenvalue weighted by Crippen LogP contribution is -2.30. The van der Waals surface area contributed by atoms with E-state index in [0.29, 0.717) is 6.07 Å². The summed E-state index contributed by atoms with van der Waals surface area (Å²) >= 11 is 0. The molecule has 0 aliphatic rings. The van der Waals surface area contributed by atoms with Crippen molar-refractivity contribution in [2.24, 2.45) is 0 Å². The lowest BCUT2D eigenvalue weighted by molar-refractivity contribution is -0.123. The molecule has 2 aromatic carbocycles. The number of esters is 1. The van der Waals surface area contributed by atoms with Gasteiger partial charge in [0.2, 0.25) is 0 Å². The third-order valence-electron chi connectivity index (χ3n) is 3.03. The molecule has 0 saturated heterocycles. The number of hydrogen-bond donors (Lipinski definition) is 2. The van der Waals surface area contributed by atoms with E-state index >= 15 is 0 Å². The average molecular weight is 339 g/mol. The molecular formula is C16H12F3NO4. The lowest BCUT2D eigenvalue weighted by Gasteiger charge is -2.14. The highest BCUT2D eigenvalue weighted by atomic mass is 19.2. The number of amides is 1. The molecule has 0 bridgehead atoms. The monoisotopic (exact) mass is 339 g/mol. The van der Waals surface area contributed by atoms with Crippen LogP contribution < -0.4 is 5.32 Å². The Labute approximate surface area is 134 Å². The Morgan fingerprint density at radius 2 is 1.83 bits per heavy atom. The first-order valence-electron chi connectivity index (χ1n) is 6.74. The van der Waals surface area contributed by atoms with Gasteiger partial charge in [0.25, 0.3) is 5.91 Å². The van der Waals surface area contributed by atoms with Gasteiger partial charge in [-0.15, -0.1) is 0 Å². The van der Waals surface area contributed by atoms with Gasteiger partial charge in [0.05, 0.1) is 11.3 Å². The first-order valence-corrected chi connectivity index (χ1v) is 6.74. The minimum atomic E-state index is -1.72. The van der Waals surface area contributed by atoms with Crippen molar-refractivity contribution in [3.05, 3.63) is 59.4 Å². The molecule has 5 nitrogen and oxygen atoms in total. The Hall–Kier alpha value is -3.03. The van der Waals surface area contributed by atoms with Crippen molar-refractivity contribution in [1.29, 1.82) is 0 Å². The summed E-state index contributed by atoms with van der Waals surface area (Å²) in [5.74, 6) is -6.67. The van der Waals surface area contributed by atoms with E-state index < -0.39 is 41.1 Å². The highest BCUT2D eigenvalue weighted by molar-refractivity contribution is 5.97. The average Bonchev–Trinajstić information content (AvgIpc) is 2.55. The SMILES string of the molecule is C[C@@H](OC(=O)c1cccc(O)c1)C(=O)Nc1ccc(F)c(F)c1F. The third-order valence-corrected chi connectivity index (χ3v) is 3.03. The van der Waals surface area contributed by atoms with Gasteiger partial charge in [0.1, 0.15) is 5.75 Å². The van der Waals surface area contributed by atoms with Crippen molar-refractivity contribution >= 4 is 17.6 Å². The van der Waals surface area contributed by atoms with Crippen LogP contribution >= 0.6 is 0 Å². The number of halogens is 3. The van der Waals surface area contributed by atoms with E-state index in [0.717, 1.165) is 12.1 Å². The molecule has 0 spiro atoms. The zero-order valence-corrected chi connectivity index (χ0v) is 12.3. The van der Waals surface area contributed by atoms with Crippen LogP contribution in [0.1, 0.15) is 17.3 Å². The largest absolute Gasteiger partial charge is 0.508 e. The number of anilines is 1. The van der Waals surface area contributed by atoms with Gasteiger partial charge < -0.3 is 15.2 Å². The number of phenolic OH excluding ortho intramolecular Hbond substituents is 1. The lowest BCUT2D eigenvalue weighted by atomic mass is 10.2. The number of aromatic hydroxyl groups is 1. The molecule has 0 unspecified atom stereocenters. The van der Waals surface area contributed by atoms with Crippen LogP contribution in [0.5, 0.6) is 5.75 Å².